The fourth-order valence-electron chi connectivity index (χ4n) is 7.77. The maximum atomic E-state index is 13.2. The average molecular weight is 829 g/mol. The number of carbonyl (C=O) groups excluding carboxylic acids is 5. The molecule has 0 aliphatic carbocycles. The van der Waals surface area contributed by atoms with Gasteiger partial charge in [0.05, 0.1) is 73.5 Å². The zero-order valence-electron chi connectivity index (χ0n) is 35.7. The maximum Gasteiger partial charge on any atom is 0.302 e. The number of ketones is 3. The van der Waals surface area contributed by atoms with E-state index in [1.807, 2.05) is 52.0 Å². The predicted octanol–water partition coefficient (Wildman–Crippen LogP) is 1.77. The fraction of sp³-hybridized carbons (Fsp3) is 0.786. The van der Waals surface area contributed by atoms with Crippen LogP contribution >= 0.6 is 0 Å². The summed E-state index contributed by atoms with van der Waals surface area (Å²) in [6, 6.07) is 0. The molecular weight excluding hydrogens is 760 g/mol. The van der Waals surface area contributed by atoms with E-state index in [0.29, 0.717) is 0 Å². The van der Waals surface area contributed by atoms with Crippen LogP contribution in [0.15, 0.2) is 24.3 Å². The topological polar surface area (TPSA) is 259 Å². The summed E-state index contributed by atoms with van der Waals surface area (Å²) in [6.45, 7) is 15.2. The molecule has 3 fully saturated rings. The van der Waals surface area contributed by atoms with Crippen LogP contribution in [0.25, 0.3) is 0 Å². The number of aliphatic hydroxyl groups is 6. The molecule has 332 valence electrons. The Bertz CT molecular complexity index is 1460. The lowest BCUT2D eigenvalue weighted by Gasteiger charge is -2.39. The van der Waals surface area contributed by atoms with Crippen LogP contribution in [0.4, 0.5) is 0 Å². The summed E-state index contributed by atoms with van der Waals surface area (Å²) in [5, 5.41) is 62.6. The highest BCUT2D eigenvalue weighted by Gasteiger charge is 2.63. The van der Waals surface area contributed by atoms with Crippen molar-refractivity contribution in [3.63, 3.8) is 0 Å². The number of carbonyl (C=O) groups is 5. The molecule has 0 spiro atoms. The molecule has 1 unspecified atom stereocenters. The second-order valence-corrected chi connectivity index (χ2v) is 16.2. The molecule has 16 nitrogen and oxygen atoms in total. The van der Waals surface area contributed by atoms with Crippen molar-refractivity contribution in [3.05, 3.63) is 24.3 Å². The number of hydrogen-bond donors (Lipinski definition) is 6. The molecule has 3 rings (SSSR count). The first-order valence-corrected chi connectivity index (χ1v) is 20.2. The third kappa shape index (κ3) is 13.0. The van der Waals surface area contributed by atoms with Gasteiger partial charge in [0, 0.05) is 44.9 Å². The van der Waals surface area contributed by atoms with Crippen molar-refractivity contribution in [1.82, 2.24) is 0 Å². The van der Waals surface area contributed by atoms with Gasteiger partial charge in [0.15, 0.2) is 5.79 Å². The normalized spacial score (nSPS) is 32.1. The zero-order chi connectivity index (χ0) is 44.3. The summed E-state index contributed by atoms with van der Waals surface area (Å²) >= 11 is 0. The lowest BCUT2D eigenvalue weighted by molar-refractivity contribution is -0.258. The van der Waals surface area contributed by atoms with E-state index in [2.05, 4.69) is 0 Å². The van der Waals surface area contributed by atoms with Crippen molar-refractivity contribution >= 4 is 29.3 Å². The number of allylic oxidation sites excluding steroid dienone is 2. The minimum atomic E-state index is -1.47. The van der Waals surface area contributed by atoms with Gasteiger partial charge in [-0.1, -0.05) is 52.0 Å². The van der Waals surface area contributed by atoms with Crippen LogP contribution in [0, 0.1) is 35.5 Å². The highest BCUT2D eigenvalue weighted by molar-refractivity contribution is 5.87. The number of hydrogen-bond acceptors (Lipinski definition) is 16. The van der Waals surface area contributed by atoms with Crippen molar-refractivity contribution in [3.8, 4) is 0 Å². The van der Waals surface area contributed by atoms with Crippen LogP contribution in [0.5, 0.6) is 0 Å². The number of ether oxygens (including phenoxy) is 5. The molecule has 0 aromatic carbocycles. The number of aliphatic hydroxyl groups excluding tert-OH is 5. The van der Waals surface area contributed by atoms with Gasteiger partial charge < -0.3 is 54.3 Å². The van der Waals surface area contributed by atoms with Gasteiger partial charge in [0.2, 0.25) is 0 Å². The van der Waals surface area contributed by atoms with Gasteiger partial charge in [-0.15, -0.1) is 0 Å². The minimum absolute atomic E-state index is 0.00877. The number of esters is 2. The average Bonchev–Trinajstić information content (AvgIpc) is 4.06. The Kier molecular flexibility index (Phi) is 19.5. The minimum Gasteiger partial charge on any atom is -0.465 e. The summed E-state index contributed by atoms with van der Waals surface area (Å²) in [5.41, 5.74) is -2.01. The third-order valence-corrected chi connectivity index (χ3v) is 11.6. The Hall–Kier alpha value is -2.93. The van der Waals surface area contributed by atoms with Crippen molar-refractivity contribution in [2.75, 3.05) is 26.4 Å². The Labute approximate surface area is 341 Å². The highest BCUT2D eigenvalue weighted by Crippen LogP contribution is 2.48. The van der Waals surface area contributed by atoms with Gasteiger partial charge in [-0.05, 0) is 34.1 Å². The van der Waals surface area contributed by atoms with Crippen LogP contribution < -0.4 is 0 Å². The SMILES string of the molecule is C/C=C\[C@H](C)[C@H]1O[C@@]1(C)[C@@H](O)[C@@H](COC(C)=O)C(=O)[C@@H]1COC(O)(CC)C[C@@H]1O.C/C=C\[C@H](C)[C@H]1O[C@@]1(C)[C@@H](O)[C@@H](COC(C)=O)C(=O)[C@H](CO)[C@@H](O)CC(=O)CC. The summed E-state index contributed by atoms with van der Waals surface area (Å²) in [5.74, 6) is -8.56. The van der Waals surface area contributed by atoms with Crippen molar-refractivity contribution < 1.29 is 78.3 Å². The lowest BCUT2D eigenvalue weighted by atomic mass is 9.78. The van der Waals surface area contributed by atoms with Crippen molar-refractivity contribution in [2.45, 2.75) is 149 Å². The van der Waals surface area contributed by atoms with Gasteiger partial charge >= 0.3 is 11.9 Å². The standard InChI is InChI=1S/2C21H34O8/c1-6-8-12(3)19-20(5,29-19)18(25)15(10-27-13(4)22)17(24)14-11-28-21(26,7-2)9-16(14)23;1-6-8-12(3)20-21(5,29-20)19(27)16(11-28-13(4)23)18(26)15(10-22)17(25)9-14(24)7-2/h6,8,12,14-16,18-19,23,25-26H,7,9-11H2,1-5H3;6,8,12,15-17,19-20,22,25,27H,7,9-11H2,1-5H3/b2*8-6-/t12-,14+,15-,16-,18-,19+,20-,21?;12-,15+,16-,17-,19-,20+,21-/m00/s1. The van der Waals surface area contributed by atoms with E-state index < -0.39 is 102 Å². The molecule has 16 heteroatoms. The second kappa shape index (κ2) is 22.1. The van der Waals surface area contributed by atoms with E-state index in [1.165, 1.54) is 13.8 Å². The first-order chi connectivity index (χ1) is 27.0. The molecular formula is C42H68O16. The molecule has 3 aliphatic heterocycles. The van der Waals surface area contributed by atoms with E-state index in [4.69, 9.17) is 23.7 Å². The van der Waals surface area contributed by atoms with Gasteiger partial charge in [-0.25, -0.2) is 0 Å². The first kappa shape index (κ1) is 51.2. The molecule has 0 bridgehead atoms. The van der Waals surface area contributed by atoms with Gasteiger partial charge in [0.25, 0.3) is 0 Å². The maximum absolute atomic E-state index is 13.2. The third-order valence-electron chi connectivity index (χ3n) is 11.6. The highest BCUT2D eigenvalue weighted by atomic mass is 16.6. The largest absolute Gasteiger partial charge is 0.465 e. The van der Waals surface area contributed by atoms with Crippen LogP contribution in [0.3, 0.4) is 0 Å². The van der Waals surface area contributed by atoms with Crippen LogP contribution in [-0.2, 0) is 47.7 Å². The van der Waals surface area contributed by atoms with Gasteiger partial charge in [0.1, 0.15) is 41.8 Å². The number of epoxide rings is 2. The van der Waals surface area contributed by atoms with Gasteiger partial charge in [-0.3, -0.25) is 24.0 Å². The van der Waals surface area contributed by atoms with E-state index in [9.17, 15) is 54.6 Å². The first-order valence-electron chi connectivity index (χ1n) is 20.2. The quantitative estimate of drug-likeness (QED) is 0.0516. The molecule has 15 atom stereocenters. The van der Waals surface area contributed by atoms with Gasteiger partial charge in [-0.2, -0.15) is 0 Å². The molecule has 0 amide bonds. The summed E-state index contributed by atoms with van der Waals surface area (Å²) in [6.07, 6.45) is 2.04. The van der Waals surface area contributed by atoms with Crippen LogP contribution in [0.2, 0.25) is 0 Å². The molecule has 3 heterocycles. The lowest BCUT2D eigenvalue weighted by Crippen LogP contribution is -2.53. The number of Topliss-reactive ketones (excluding diaryl/α,β-unsaturated/α-hetero) is 3. The van der Waals surface area contributed by atoms with E-state index in [1.54, 1.807) is 27.7 Å². The van der Waals surface area contributed by atoms with Crippen molar-refractivity contribution in [1.29, 1.82) is 0 Å². The predicted molar refractivity (Wildman–Crippen MR) is 209 cm³/mol. The monoisotopic (exact) mass is 828 g/mol. The molecule has 0 saturated carbocycles. The molecule has 0 aromatic heterocycles. The zero-order valence-corrected chi connectivity index (χ0v) is 35.7. The number of rotatable bonds is 22. The van der Waals surface area contributed by atoms with Crippen molar-refractivity contribution in [2.24, 2.45) is 35.5 Å². The molecule has 6 N–H and O–H groups in total. The second-order valence-electron chi connectivity index (χ2n) is 16.2. The summed E-state index contributed by atoms with van der Waals surface area (Å²) in [4.78, 5) is 60.5. The smallest absolute Gasteiger partial charge is 0.302 e. The summed E-state index contributed by atoms with van der Waals surface area (Å²) in [7, 11) is 0. The summed E-state index contributed by atoms with van der Waals surface area (Å²) < 4.78 is 26.9. The Morgan fingerprint density at radius 2 is 1.28 bits per heavy atom. The van der Waals surface area contributed by atoms with E-state index >= 15 is 0 Å². The van der Waals surface area contributed by atoms with Crippen LogP contribution in [0.1, 0.15) is 94.9 Å². The molecule has 3 aliphatic rings. The Balaban J connectivity index is 0.000000400. The van der Waals surface area contributed by atoms with E-state index in [0.717, 1.165) is 0 Å². The molecule has 58 heavy (non-hydrogen) atoms. The fourth-order valence-corrected chi connectivity index (χ4v) is 7.77. The molecule has 0 aromatic rings. The Morgan fingerprint density at radius 3 is 1.67 bits per heavy atom. The van der Waals surface area contributed by atoms with Crippen LogP contribution in [-0.4, -0.2) is 140 Å². The van der Waals surface area contributed by atoms with E-state index in [-0.39, 0.29) is 68.7 Å². The molecule has 0 radical (unpaired) electrons. The molecule has 3 saturated heterocycles. The Morgan fingerprint density at radius 1 is 0.810 bits per heavy atom.